The van der Waals surface area contributed by atoms with Crippen LogP contribution in [-0.4, -0.2) is 16.0 Å². The molecular formula is C18H19F3N2O2. The molecule has 1 aromatic heterocycles. The van der Waals surface area contributed by atoms with Gasteiger partial charge in [0.05, 0.1) is 17.4 Å². The number of halogens is 3. The Kier molecular flexibility index (Phi) is 5.17. The molecule has 0 aliphatic carbocycles. The fraction of sp³-hybridized carbons (Fsp3) is 0.333. The number of hydrogen-bond acceptors (Lipinski definition) is 3. The monoisotopic (exact) mass is 352 g/mol. The minimum Gasteiger partial charge on any atom is -0.384 e. The van der Waals surface area contributed by atoms with Gasteiger partial charge >= 0.3 is 6.18 Å². The van der Waals surface area contributed by atoms with Gasteiger partial charge in [-0.1, -0.05) is 32.9 Å². The highest BCUT2D eigenvalue weighted by molar-refractivity contribution is 5.95. The van der Waals surface area contributed by atoms with E-state index in [0.717, 1.165) is 12.1 Å². The lowest BCUT2D eigenvalue weighted by Crippen LogP contribution is -2.28. The van der Waals surface area contributed by atoms with Crippen LogP contribution in [-0.2, 0) is 11.0 Å². The van der Waals surface area contributed by atoms with Gasteiger partial charge in [0.15, 0.2) is 0 Å². The number of anilines is 1. The number of nitrogens with one attached hydrogen (secondary N) is 1. The van der Waals surface area contributed by atoms with Crippen LogP contribution in [0.25, 0.3) is 0 Å². The molecule has 0 fully saturated rings. The Morgan fingerprint density at radius 1 is 1.20 bits per heavy atom. The molecule has 1 unspecified atom stereocenters. The first kappa shape index (κ1) is 18.9. The Balaban J connectivity index is 2.38. The SMILES string of the molecule is CC(C)(C)C(=O)Nc1cnccc1C(O)c1cccc(C(F)(F)F)c1. The molecule has 1 atom stereocenters. The standard InChI is InChI=1S/C18H19F3N2O2/c1-17(2,3)16(25)23-14-10-22-8-7-13(14)15(24)11-5-4-6-12(9-11)18(19,20)21/h4-10,15,24H,1-3H3,(H,23,25). The van der Waals surface area contributed by atoms with E-state index in [9.17, 15) is 23.1 Å². The minimum atomic E-state index is -4.50. The van der Waals surface area contributed by atoms with E-state index >= 15 is 0 Å². The number of aliphatic hydroxyl groups excluding tert-OH is 1. The zero-order valence-electron chi connectivity index (χ0n) is 14.1. The second-order valence-electron chi connectivity index (χ2n) is 6.69. The normalized spacial score (nSPS) is 13.4. The fourth-order valence-electron chi connectivity index (χ4n) is 2.12. The first-order chi connectivity index (χ1) is 11.5. The molecule has 4 nitrogen and oxygen atoms in total. The highest BCUT2D eigenvalue weighted by Gasteiger charge is 2.31. The molecule has 2 rings (SSSR count). The summed E-state index contributed by atoms with van der Waals surface area (Å²) < 4.78 is 38.6. The number of carbonyl (C=O) groups is 1. The molecule has 1 aromatic carbocycles. The number of benzene rings is 1. The van der Waals surface area contributed by atoms with Gasteiger partial charge in [-0.25, -0.2) is 0 Å². The summed E-state index contributed by atoms with van der Waals surface area (Å²) >= 11 is 0. The summed E-state index contributed by atoms with van der Waals surface area (Å²) in [5, 5.41) is 13.2. The van der Waals surface area contributed by atoms with Crippen LogP contribution in [0, 0.1) is 5.41 Å². The van der Waals surface area contributed by atoms with Gasteiger partial charge in [-0.2, -0.15) is 13.2 Å². The molecule has 0 aliphatic heterocycles. The van der Waals surface area contributed by atoms with Crippen molar-refractivity contribution in [2.45, 2.75) is 33.1 Å². The molecule has 25 heavy (non-hydrogen) atoms. The van der Waals surface area contributed by atoms with Gasteiger partial charge in [-0.3, -0.25) is 9.78 Å². The van der Waals surface area contributed by atoms with Gasteiger partial charge in [0.2, 0.25) is 5.91 Å². The summed E-state index contributed by atoms with van der Waals surface area (Å²) in [6.07, 6.45) is -3.08. The lowest BCUT2D eigenvalue weighted by atomic mass is 9.94. The van der Waals surface area contributed by atoms with Gasteiger partial charge in [0, 0.05) is 17.2 Å². The summed E-state index contributed by atoms with van der Waals surface area (Å²) in [7, 11) is 0. The Bertz CT molecular complexity index is 767. The molecule has 0 spiro atoms. The maximum absolute atomic E-state index is 12.9. The van der Waals surface area contributed by atoms with Gasteiger partial charge < -0.3 is 10.4 Å². The van der Waals surface area contributed by atoms with Gasteiger partial charge in [-0.05, 0) is 23.8 Å². The predicted molar refractivity (Wildman–Crippen MR) is 87.8 cm³/mol. The van der Waals surface area contributed by atoms with E-state index in [1.807, 2.05) is 0 Å². The summed E-state index contributed by atoms with van der Waals surface area (Å²) in [5.74, 6) is -0.294. The maximum Gasteiger partial charge on any atom is 0.416 e. The van der Waals surface area contributed by atoms with Gasteiger partial charge in [-0.15, -0.1) is 0 Å². The summed E-state index contributed by atoms with van der Waals surface area (Å²) in [4.78, 5) is 16.1. The zero-order valence-corrected chi connectivity index (χ0v) is 14.1. The van der Waals surface area contributed by atoms with Gasteiger partial charge in [0.25, 0.3) is 0 Å². The third-order valence-corrected chi connectivity index (χ3v) is 3.61. The van der Waals surface area contributed by atoms with Crippen LogP contribution in [0.4, 0.5) is 18.9 Å². The average molecular weight is 352 g/mol. The third-order valence-electron chi connectivity index (χ3n) is 3.61. The molecule has 2 aromatic rings. The molecule has 0 bridgehead atoms. The van der Waals surface area contributed by atoms with Crippen molar-refractivity contribution in [3.63, 3.8) is 0 Å². The largest absolute Gasteiger partial charge is 0.416 e. The topological polar surface area (TPSA) is 62.2 Å². The minimum absolute atomic E-state index is 0.0762. The number of aromatic nitrogens is 1. The second kappa shape index (κ2) is 6.84. The van der Waals surface area contributed by atoms with E-state index in [1.54, 1.807) is 20.8 Å². The maximum atomic E-state index is 12.9. The number of pyridine rings is 1. The van der Waals surface area contributed by atoms with Crippen LogP contribution in [0.2, 0.25) is 0 Å². The Hall–Kier alpha value is -2.41. The van der Waals surface area contributed by atoms with Crippen molar-refractivity contribution in [2.75, 3.05) is 5.32 Å². The van der Waals surface area contributed by atoms with Crippen molar-refractivity contribution in [2.24, 2.45) is 5.41 Å². The first-order valence-corrected chi connectivity index (χ1v) is 7.61. The summed E-state index contributed by atoms with van der Waals surface area (Å²) in [6.45, 7) is 5.17. The highest BCUT2D eigenvalue weighted by atomic mass is 19.4. The number of amides is 1. The van der Waals surface area contributed by atoms with Crippen LogP contribution in [0.5, 0.6) is 0 Å². The molecule has 0 aliphatic rings. The van der Waals surface area contributed by atoms with E-state index in [4.69, 9.17) is 0 Å². The second-order valence-corrected chi connectivity index (χ2v) is 6.69. The van der Waals surface area contributed by atoms with Crippen molar-refractivity contribution < 1.29 is 23.1 Å². The smallest absolute Gasteiger partial charge is 0.384 e. The van der Waals surface area contributed by atoms with E-state index in [-0.39, 0.29) is 22.7 Å². The quantitative estimate of drug-likeness (QED) is 0.872. The summed E-state index contributed by atoms with van der Waals surface area (Å²) in [6, 6.07) is 5.92. The molecule has 1 amide bonds. The number of alkyl halides is 3. The molecule has 7 heteroatoms. The molecule has 0 radical (unpaired) electrons. The Morgan fingerprint density at radius 3 is 2.48 bits per heavy atom. The van der Waals surface area contributed by atoms with Crippen LogP contribution in [0.3, 0.4) is 0 Å². The van der Waals surface area contributed by atoms with Gasteiger partial charge in [0.1, 0.15) is 6.10 Å². The highest BCUT2D eigenvalue weighted by Crippen LogP contribution is 2.34. The lowest BCUT2D eigenvalue weighted by molar-refractivity contribution is -0.137. The van der Waals surface area contributed by atoms with Crippen LogP contribution >= 0.6 is 0 Å². The predicted octanol–water partition coefficient (Wildman–Crippen LogP) is 4.17. The van der Waals surface area contributed by atoms with Crippen LogP contribution < -0.4 is 5.32 Å². The number of rotatable bonds is 3. The van der Waals surface area contributed by atoms with Crippen LogP contribution in [0.1, 0.15) is 43.6 Å². The average Bonchev–Trinajstić information content (AvgIpc) is 2.53. The van der Waals surface area contributed by atoms with Crippen LogP contribution in [0.15, 0.2) is 42.7 Å². The van der Waals surface area contributed by atoms with Crippen molar-refractivity contribution >= 4 is 11.6 Å². The number of aliphatic hydroxyl groups is 1. The van der Waals surface area contributed by atoms with E-state index in [1.165, 1.54) is 30.6 Å². The molecule has 0 saturated carbocycles. The number of nitrogens with zero attached hydrogens (tertiary/aromatic N) is 1. The Labute approximate surface area is 143 Å². The van der Waals surface area contributed by atoms with E-state index < -0.39 is 23.3 Å². The van der Waals surface area contributed by atoms with Crippen molar-refractivity contribution in [3.05, 3.63) is 59.4 Å². The fourth-order valence-corrected chi connectivity index (χ4v) is 2.12. The molecular weight excluding hydrogens is 333 g/mol. The van der Waals surface area contributed by atoms with E-state index in [0.29, 0.717) is 0 Å². The molecule has 0 saturated heterocycles. The zero-order chi connectivity index (χ0) is 18.8. The molecule has 134 valence electrons. The first-order valence-electron chi connectivity index (χ1n) is 7.61. The number of carbonyl (C=O) groups excluding carboxylic acids is 1. The Morgan fingerprint density at radius 2 is 1.88 bits per heavy atom. The van der Waals surface area contributed by atoms with Crippen molar-refractivity contribution in [1.82, 2.24) is 4.98 Å². The number of hydrogen-bond donors (Lipinski definition) is 2. The van der Waals surface area contributed by atoms with Crippen molar-refractivity contribution in [3.8, 4) is 0 Å². The van der Waals surface area contributed by atoms with E-state index in [2.05, 4.69) is 10.3 Å². The molecule has 2 N–H and O–H groups in total. The van der Waals surface area contributed by atoms with Crippen molar-refractivity contribution in [1.29, 1.82) is 0 Å². The summed E-state index contributed by atoms with van der Waals surface area (Å²) in [5.41, 5.74) is -0.918. The molecule has 1 heterocycles. The lowest BCUT2D eigenvalue weighted by Gasteiger charge is -2.21. The third kappa shape index (κ3) is 4.57.